The Balaban J connectivity index is 4.40. The molecule has 0 radical (unpaired) electrons. The van der Waals surface area contributed by atoms with Gasteiger partial charge in [-0.2, -0.15) is 26.3 Å². The third-order valence-electron chi connectivity index (χ3n) is 2.29. The third-order valence-corrected chi connectivity index (χ3v) is 3.36. The number of halogens is 3. The summed E-state index contributed by atoms with van der Waals surface area (Å²) >= 11 is 0. The molecule has 0 saturated carbocycles. The summed E-state index contributed by atoms with van der Waals surface area (Å²) in [4.78, 5) is 10.6. The van der Waals surface area contributed by atoms with Gasteiger partial charge >= 0.3 is 12.1 Å². The number of rotatable bonds is 9. The summed E-state index contributed by atoms with van der Waals surface area (Å²) in [6, 6.07) is 0. The van der Waals surface area contributed by atoms with Crippen LogP contribution in [0.3, 0.4) is 0 Å². The van der Waals surface area contributed by atoms with E-state index >= 15 is 0 Å². The molecule has 3 N–H and O–H groups in total. The summed E-state index contributed by atoms with van der Waals surface area (Å²) in [5, 5.41) is 8.69. The second-order valence-electron chi connectivity index (χ2n) is 4.88. The van der Waals surface area contributed by atoms with E-state index in [1.54, 1.807) is 0 Å². The monoisotopic (exact) mass is 320 g/mol. The fourth-order valence-corrected chi connectivity index (χ4v) is 2.52. The molecule has 0 rings (SSSR count). The Morgan fingerprint density at radius 2 is 1.80 bits per heavy atom. The molecule has 0 aromatic rings. The molecule has 0 aromatic carbocycles. The van der Waals surface area contributed by atoms with E-state index in [-0.39, 0.29) is 18.9 Å². The fraction of sp³-hybridized carbons (Fsp3) is 0.900. The molecular weight excluding hydrogens is 301 g/mol. The molecule has 0 aromatic heterocycles. The van der Waals surface area contributed by atoms with E-state index in [4.69, 9.17) is 5.11 Å². The van der Waals surface area contributed by atoms with Gasteiger partial charge in [-0.1, -0.05) is 13.8 Å². The molecule has 1 atom stereocenters. The smallest absolute Gasteiger partial charge is 0.402 e. The van der Waals surface area contributed by atoms with E-state index < -0.39 is 34.8 Å². The van der Waals surface area contributed by atoms with E-state index in [0.29, 0.717) is 6.42 Å². The summed E-state index contributed by atoms with van der Waals surface area (Å²) in [5.41, 5.74) is 0. The highest BCUT2D eigenvalue weighted by atomic mass is 32.2. The van der Waals surface area contributed by atoms with Gasteiger partial charge in [-0.25, -0.2) is 4.72 Å². The predicted octanol–water partition coefficient (Wildman–Crippen LogP) is 1.11. The average Bonchev–Trinajstić information content (AvgIpc) is 2.21. The minimum atomic E-state index is -4.65. The minimum Gasteiger partial charge on any atom is -0.481 e. The van der Waals surface area contributed by atoms with Gasteiger partial charge < -0.3 is 5.11 Å². The standard InChI is InChI=1S/C10H19F3N2O4S/c1-7(2)3-8(4-9(16)17)5-14-20(18,19)15-6-10(11,12)13/h7-8,14-15H,3-6H2,1-2H3,(H,16,17)/t8-/m0/s1. The van der Waals surface area contributed by atoms with Crippen LogP contribution in [0.5, 0.6) is 0 Å². The van der Waals surface area contributed by atoms with Crippen LogP contribution in [-0.4, -0.2) is 38.8 Å². The molecule has 0 fully saturated rings. The van der Waals surface area contributed by atoms with Crippen LogP contribution in [-0.2, 0) is 15.0 Å². The SMILES string of the molecule is CC(C)C[C@H](CNS(=O)(=O)NCC(F)(F)F)CC(=O)O. The largest absolute Gasteiger partial charge is 0.481 e. The first-order chi connectivity index (χ1) is 8.91. The van der Waals surface area contributed by atoms with E-state index in [1.807, 2.05) is 18.6 Å². The Morgan fingerprint density at radius 1 is 1.25 bits per heavy atom. The van der Waals surface area contributed by atoms with Crippen LogP contribution in [0.15, 0.2) is 0 Å². The maximum atomic E-state index is 11.9. The Morgan fingerprint density at radius 3 is 2.20 bits per heavy atom. The summed E-state index contributed by atoms with van der Waals surface area (Å²) < 4.78 is 61.5. The van der Waals surface area contributed by atoms with Crippen molar-refractivity contribution in [3.8, 4) is 0 Å². The van der Waals surface area contributed by atoms with Crippen molar-refractivity contribution in [1.29, 1.82) is 0 Å². The maximum Gasteiger partial charge on any atom is 0.402 e. The van der Waals surface area contributed by atoms with Crippen LogP contribution in [0.25, 0.3) is 0 Å². The molecule has 0 amide bonds. The zero-order chi connectivity index (χ0) is 16.0. The minimum absolute atomic E-state index is 0.145. The topological polar surface area (TPSA) is 95.5 Å². The Bertz CT molecular complexity index is 409. The Kier molecular flexibility index (Phi) is 7.45. The molecule has 0 saturated heterocycles. The van der Waals surface area contributed by atoms with Crippen molar-refractivity contribution in [2.24, 2.45) is 11.8 Å². The van der Waals surface area contributed by atoms with Crippen LogP contribution in [0.2, 0.25) is 0 Å². The van der Waals surface area contributed by atoms with Crippen molar-refractivity contribution >= 4 is 16.2 Å². The molecule has 0 unspecified atom stereocenters. The number of alkyl halides is 3. The van der Waals surface area contributed by atoms with Crippen molar-refractivity contribution in [1.82, 2.24) is 9.44 Å². The summed E-state index contributed by atoms with van der Waals surface area (Å²) in [6.07, 6.45) is -4.44. The molecular formula is C10H19F3N2O4S. The van der Waals surface area contributed by atoms with E-state index in [1.165, 1.54) is 4.72 Å². The van der Waals surface area contributed by atoms with Crippen LogP contribution >= 0.6 is 0 Å². The second-order valence-corrected chi connectivity index (χ2v) is 6.47. The lowest BCUT2D eigenvalue weighted by Crippen LogP contribution is -2.43. The lowest BCUT2D eigenvalue weighted by molar-refractivity contribution is -0.138. The van der Waals surface area contributed by atoms with E-state index in [9.17, 15) is 26.4 Å². The zero-order valence-electron chi connectivity index (χ0n) is 11.2. The van der Waals surface area contributed by atoms with Gasteiger partial charge in [0.2, 0.25) is 0 Å². The lowest BCUT2D eigenvalue weighted by Gasteiger charge is -2.18. The maximum absolute atomic E-state index is 11.9. The predicted molar refractivity (Wildman–Crippen MR) is 66.2 cm³/mol. The van der Waals surface area contributed by atoms with Crippen LogP contribution in [0.4, 0.5) is 13.2 Å². The third kappa shape index (κ3) is 11.0. The molecule has 10 heteroatoms. The average molecular weight is 320 g/mol. The van der Waals surface area contributed by atoms with Crippen LogP contribution < -0.4 is 9.44 Å². The molecule has 120 valence electrons. The normalized spacial score (nSPS) is 14.5. The molecule has 0 heterocycles. The van der Waals surface area contributed by atoms with Crippen molar-refractivity contribution in [2.75, 3.05) is 13.1 Å². The molecule has 0 spiro atoms. The van der Waals surface area contributed by atoms with Gasteiger partial charge in [-0.3, -0.25) is 4.79 Å². The quantitative estimate of drug-likeness (QED) is 0.593. The van der Waals surface area contributed by atoms with Gasteiger partial charge in [0.05, 0.1) is 0 Å². The first kappa shape index (κ1) is 19.1. The number of carboxylic acid groups (broad SMARTS) is 1. The highest BCUT2D eigenvalue weighted by Crippen LogP contribution is 2.15. The van der Waals surface area contributed by atoms with Crippen molar-refractivity contribution in [3.05, 3.63) is 0 Å². The molecule has 0 bridgehead atoms. The number of carboxylic acids is 1. The van der Waals surface area contributed by atoms with Crippen LogP contribution in [0, 0.1) is 11.8 Å². The van der Waals surface area contributed by atoms with Gasteiger partial charge in [-0.15, -0.1) is 0 Å². The van der Waals surface area contributed by atoms with Gasteiger partial charge in [0.15, 0.2) is 0 Å². The lowest BCUT2D eigenvalue weighted by atomic mass is 9.94. The first-order valence-electron chi connectivity index (χ1n) is 5.94. The molecule has 0 aliphatic heterocycles. The van der Waals surface area contributed by atoms with Crippen molar-refractivity contribution < 1.29 is 31.5 Å². The van der Waals surface area contributed by atoms with Gasteiger partial charge in [0.1, 0.15) is 6.54 Å². The summed E-state index contributed by atoms with van der Waals surface area (Å²) in [6.45, 7) is 1.78. The van der Waals surface area contributed by atoms with Crippen molar-refractivity contribution in [3.63, 3.8) is 0 Å². The molecule has 0 aliphatic rings. The molecule has 0 aliphatic carbocycles. The van der Waals surface area contributed by atoms with Crippen molar-refractivity contribution in [2.45, 2.75) is 32.9 Å². The van der Waals surface area contributed by atoms with Gasteiger partial charge in [0, 0.05) is 13.0 Å². The first-order valence-corrected chi connectivity index (χ1v) is 7.42. The van der Waals surface area contributed by atoms with Gasteiger partial charge in [-0.05, 0) is 18.3 Å². The fourth-order valence-electron chi connectivity index (χ4n) is 1.61. The van der Waals surface area contributed by atoms with Crippen LogP contribution in [0.1, 0.15) is 26.7 Å². The zero-order valence-corrected chi connectivity index (χ0v) is 12.0. The summed E-state index contributed by atoms with van der Waals surface area (Å²) in [7, 11) is -4.29. The van der Waals surface area contributed by atoms with E-state index in [2.05, 4.69) is 0 Å². The Labute approximate surface area is 115 Å². The highest BCUT2D eigenvalue weighted by Gasteiger charge is 2.29. The molecule has 6 nitrogen and oxygen atoms in total. The number of nitrogens with one attached hydrogen (secondary N) is 2. The van der Waals surface area contributed by atoms with E-state index in [0.717, 1.165) is 0 Å². The second kappa shape index (κ2) is 7.79. The number of hydrogen-bond donors (Lipinski definition) is 3. The number of aliphatic carboxylic acids is 1. The highest BCUT2D eigenvalue weighted by molar-refractivity contribution is 7.87. The number of carbonyl (C=O) groups is 1. The summed E-state index contributed by atoms with van der Waals surface area (Å²) in [5.74, 6) is -1.42. The van der Waals surface area contributed by atoms with Gasteiger partial charge in [0.25, 0.3) is 10.2 Å². The number of hydrogen-bond acceptors (Lipinski definition) is 3. The molecule has 20 heavy (non-hydrogen) atoms. The Hall–Kier alpha value is -0.870.